The van der Waals surface area contributed by atoms with Crippen molar-refractivity contribution in [2.75, 3.05) is 5.73 Å². The van der Waals surface area contributed by atoms with E-state index in [0.29, 0.717) is 17.0 Å². The number of nitrogen functional groups attached to an aromatic ring is 1. The molecule has 0 fully saturated rings. The fraction of sp³-hybridized carbons (Fsp3) is 0.240. The van der Waals surface area contributed by atoms with Crippen LogP contribution in [-0.4, -0.2) is 27.3 Å². The predicted octanol–water partition coefficient (Wildman–Crippen LogP) is 4.66. The lowest BCUT2D eigenvalue weighted by Crippen LogP contribution is -2.56. The van der Waals surface area contributed by atoms with Gasteiger partial charge in [0.15, 0.2) is 0 Å². The number of aromatic nitrogens is 1. The summed E-state index contributed by atoms with van der Waals surface area (Å²) in [6, 6.07) is 15.9. The third-order valence-electron chi connectivity index (χ3n) is 4.89. The van der Waals surface area contributed by atoms with Crippen LogP contribution in [0.4, 0.5) is 5.69 Å². The van der Waals surface area contributed by atoms with Gasteiger partial charge >= 0.3 is 0 Å². The molecule has 166 valence electrons. The van der Waals surface area contributed by atoms with E-state index in [9.17, 15) is 9.59 Å². The number of rotatable bonds is 4. The number of carbonyl (C=O) groups is 2. The monoisotopic (exact) mass is 432 g/mol. The molecule has 2 amide bonds. The Labute approximate surface area is 188 Å². The smallest absolute Gasteiger partial charge is 0.278 e. The van der Waals surface area contributed by atoms with Gasteiger partial charge in [-0.3, -0.25) is 15.0 Å². The van der Waals surface area contributed by atoms with Crippen molar-refractivity contribution in [1.29, 1.82) is 0 Å². The molecule has 0 saturated heterocycles. The molecule has 2 aromatic carbocycles. The maximum atomic E-state index is 13.5. The number of nitrogens with one attached hydrogen (secondary N) is 1. The number of nitrogens with two attached hydrogens (primary N) is 1. The van der Waals surface area contributed by atoms with Crippen molar-refractivity contribution in [2.45, 2.75) is 40.2 Å². The van der Waals surface area contributed by atoms with Gasteiger partial charge in [-0.2, -0.15) is 0 Å². The van der Waals surface area contributed by atoms with Crippen LogP contribution in [-0.2, 0) is 0 Å². The number of pyridine rings is 1. The van der Waals surface area contributed by atoms with Crippen LogP contribution in [0.15, 0.2) is 60.8 Å². The summed E-state index contributed by atoms with van der Waals surface area (Å²) in [5.41, 5.74) is 10.8. The molecular formula is C25H28N4O3. The highest BCUT2D eigenvalue weighted by molar-refractivity contribution is 6.03. The Morgan fingerprint density at radius 2 is 1.62 bits per heavy atom. The van der Waals surface area contributed by atoms with Gasteiger partial charge in [0.1, 0.15) is 11.3 Å². The van der Waals surface area contributed by atoms with Crippen molar-refractivity contribution < 1.29 is 14.3 Å². The average molecular weight is 433 g/mol. The number of ether oxygens (including phenoxy) is 1. The molecule has 1 heterocycles. The van der Waals surface area contributed by atoms with E-state index in [0.717, 1.165) is 11.1 Å². The topological polar surface area (TPSA) is 97.5 Å². The molecule has 0 aliphatic rings. The summed E-state index contributed by atoms with van der Waals surface area (Å²) in [4.78, 5) is 30.8. The van der Waals surface area contributed by atoms with Crippen molar-refractivity contribution >= 4 is 17.5 Å². The normalized spacial score (nSPS) is 11.0. The van der Waals surface area contributed by atoms with E-state index < -0.39 is 17.4 Å². The van der Waals surface area contributed by atoms with Crippen LogP contribution in [0.1, 0.15) is 52.6 Å². The van der Waals surface area contributed by atoms with E-state index in [-0.39, 0.29) is 11.4 Å². The van der Waals surface area contributed by atoms with Crippen LogP contribution in [0.5, 0.6) is 11.6 Å². The highest BCUT2D eigenvalue weighted by Gasteiger charge is 2.32. The zero-order valence-corrected chi connectivity index (χ0v) is 19.0. The van der Waals surface area contributed by atoms with Gasteiger partial charge in [0.25, 0.3) is 11.8 Å². The SMILES string of the molecule is Cc1ccc(Oc2ncccc2C(=O)N(NC(=O)c2cccc(C)c2N)C(C)(C)C)cc1. The van der Waals surface area contributed by atoms with E-state index in [1.165, 1.54) is 5.01 Å². The number of hydrogen-bond donors (Lipinski definition) is 2. The van der Waals surface area contributed by atoms with E-state index in [4.69, 9.17) is 10.5 Å². The Balaban J connectivity index is 1.92. The fourth-order valence-corrected chi connectivity index (χ4v) is 3.04. The Kier molecular flexibility index (Phi) is 6.48. The maximum Gasteiger partial charge on any atom is 0.278 e. The molecule has 0 radical (unpaired) electrons. The number of amides is 2. The molecular weight excluding hydrogens is 404 g/mol. The first kappa shape index (κ1) is 22.8. The molecule has 0 atom stereocenters. The summed E-state index contributed by atoms with van der Waals surface area (Å²) < 4.78 is 5.88. The van der Waals surface area contributed by atoms with Crippen LogP contribution in [0.3, 0.4) is 0 Å². The summed E-state index contributed by atoms with van der Waals surface area (Å²) in [5, 5.41) is 1.27. The number of anilines is 1. The van der Waals surface area contributed by atoms with Crippen LogP contribution in [0, 0.1) is 13.8 Å². The van der Waals surface area contributed by atoms with Crippen molar-refractivity contribution in [2.24, 2.45) is 0 Å². The molecule has 3 aromatic rings. The lowest BCUT2D eigenvalue weighted by Gasteiger charge is -2.35. The van der Waals surface area contributed by atoms with Crippen LogP contribution in [0.25, 0.3) is 0 Å². The Bertz CT molecular complexity index is 1130. The number of carbonyl (C=O) groups excluding carboxylic acids is 2. The lowest BCUT2D eigenvalue weighted by molar-refractivity contribution is 0.0356. The average Bonchev–Trinajstić information content (AvgIpc) is 2.74. The molecule has 32 heavy (non-hydrogen) atoms. The molecule has 7 nitrogen and oxygen atoms in total. The van der Waals surface area contributed by atoms with Crippen LogP contribution in [0.2, 0.25) is 0 Å². The molecule has 0 saturated carbocycles. The van der Waals surface area contributed by atoms with Crippen molar-refractivity contribution in [3.8, 4) is 11.6 Å². The molecule has 0 spiro atoms. The van der Waals surface area contributed by atoms with Crippen molar-refractivity contribution in [1.82, 2.24) is 15.4 Å². The molecule has 0 aliphatic heterocycles. The van der Waals surface area contributed by atoms with E-state index in [1.54, 1.807) is 30.5 Å². The molecule has 0 unspecified atom stereocenters. The van der Waals surface area contributed by atoms with E-state index >= 15 is 0 Å². The van der Waals surface area contributed by atoms with E-state index in [2.05, 4.69) is 10.4 Å². The third-order valence-corrected chi connectivity index (χ3v) is 4.89. The van der Waals surface area contributed by atoms with Crippen molar-refractivity contribution in [3.63, 3.8) is 0 Å². The second-order valence-electron chi connectivity index (χ2n) is 8.56. The number of aryl methyl sites for hydroxylation is 2. The largest absolute Gasteiger partial charge is 0.438 e. The van der Waals surface area contributed by atoms with Gasteiger partial charge < -0.3 is 10.5 Å². The fourth-order valence-electron chi connectivity index (χ4n) is 3.04. The summed E-state index contributed by atoms with van der Waals surface area (Å²) in [7, 11) is 0. The second-order valence-corrected chi connectivity index (χ2v) is 8.56. The first-order chi connectivity index (χ1) is 15.1. The van der Waals surface area contributed by atoms with Gasteiger partial charge in [-0.1, -0.05) is 29.8 Å². The Morgan fingerprint density at radius 1 is 0.969 bits per heavy atom. The molecule has 7 heteroatoms. The van der Waals surface area contributed by atoms with Gasteiger partial charge in [0.2, 0.25) is 5.88 Å². The Morgan fingerprint density at radius 3 is 2.28 bits per heavy atom. The zero-order valence-electron chi connectivity index (χ0n) is 19.0. The summed E-state index contributed by atoms with van der Waals surface area (Å²) in [6.07, 6.45) is 1.55. The lowest BCUT2D eigenvalue weighted by atomic mass is 10.1. The minimum atomic E-state index is -0.734. The molecule has 0 aliphatic carbocycles. The number of para-hydroxylation sites is 1. The minimum Gasteiger partial charge on any atom is -0.438 e. The molecule has 0 bridgehead atoms. The third kappa shape index (κ3) is 5.06. The Hall–Kier alpha value is -3.87. The predicted molar refractivity (Wildman–Crippen MR) is 124 cm³/mol. The highest BCUT2D eigenvalue weighted by atomic mass is 16.5. The summed E-state index contributed by atoms with van der Waals surface area (Å²) >= 11 is 0. The van der Waals surface area contributed by atoms with Gasteiger partial charge in [-0.15, -0.1) is 0 Å². The van der Waals surface area contributed by atoms with Crippen LogP contribution >= 0.6 is 0 Å². The first-order valence-corrected chi connectivity index (χ1v) is 10.3. The van der Waals surface area contributed by atoms with Crippen molar-refractivity contribution in [3.05, 3.63) is 83.0 Å². The number of hydrogen-bond acceptors (Lipinski definition) is 5. The van der Waals surface area contributed by atoms with Gasteiger partial charge in [0, 0.05) is 11.9 Å². The minimum absolute atomic E-state index is 0.153. The molecule has 3 rings (SSSR count). The van der Waals surface area contributed by atoms with Gasteiger partial charge in [-0.25, -0.2) is 9.99 Å². The zero-order chi connectivity index (χ0) is 23.5. The van der Waals surface area contributed by atoms with E-state index in [1.807, 2.05) is 65.0 Å². The quantitative estimate of drug-likeness (QED) is 0.462. The summed E-state index contributed by atoms with van der Waals surface area (Å²) in [6.45, 7) is 9.26. The highest BCUT2D eigenvalue weighted by Crippen LogP contribution is 2.26. The van der Waals surface area contributed by atoms with Crippen LogP contribution < -0.4 is 15.9 Å². The molecule has 1 aromatic heterocycles. The number of nitrogens with zero attached hydrogens (tertiary/aromatic N) is 2. The number of hydrazine groups is 1. The molecule has 3 N–H and O–H groups in total. The number of benzene rings is 2. The maximum absolute atomic E-state index is 13.5. The first-order valence-electron chi connectivity index (χ1n) is 10.3. The second kappa shape index (κ2) is 9.09. The van der Waals surface area contributed by atoms with Gasteiger partial charge in [-0.05, 0) is 70.5 Å². The van der Waals surface area contributed by atoms with Gasteiger partial charge in [0.05, 0.1) is 11.1 Å². The standard InChI is InChI=1S/C25H28N4O3/c1-16-11-13-18(14-12-16)32-23-20(10-7-15-27-23)24(31)29(25(3,4)5)28-22(30)19-9-6-8-17(2)21(19)26/h6-15H,26H2,1-5H3,(H,28,30). The summed E-state index contributed by atoms with van der Waals surface area (Å²) in [5.74, 6) is -0.214.